The average molecular weight is 230 g/mol. The Morgan fingerprint density at radius 3 is 2.18 bits per heavy atom. The highest BCUT2D eigenvalue weighted by atomic mass is 15.0. The van der Waals surface area contributed by atoms with E-state index >= 15 is 0 Å². The zero-order valence-corrected chi connectivity index (χ0v) is 11.7. The standard InChI is InChI=1S/C15H22N2/c1-14(2,3)12-10-16-9-11-7-8-17(13(11)12)15(4,5)6/h7-10H,1-6H3. The minimum absolute atomic E-state index is 0.100. The van der Waals surface area contributed by atoms with E-state index in [4.69, 9.17) is 0 Å². The van der Waals surface area contributed by atoms with E-state index in [1.807, 2.05) is 12.4 Å². The van der Waals surface area contributed by atoms with Gasteiger partial charge < -0.3 is 4.57 Å². The molecule has 2 aromatic rings. The molecule has 0 saturated carbocycles. The van der Waals surface area contributed by atoms with Crippen molar-refractivity contribution in [3.05, 3.63) is 30.2 Å². The lowest BCUT2D eigenvalue weighted by molar-refractivity contribution is 0.408. The van der Waals surface area contributed by atoms with E-state index in [1.165, 1.54) is 16.5 Å². The van der Waals surface area contributed by atoms with Crippen molar-refractivity contribution in [3.63, 3.8) is 0 Å². The lowest BCUT2D eigenvalue weighted by Crippen LogP contribution is -2.23. The third-order valence-corrected chi connectivity index (χ3v) is 3.12. The van der Waals surface area contributed by atoms with Crippen molar-refractivity contribution in [2.45, 2.75) is 52.5 Å². The summed E-state index contributed by atoms with van der Waals surface area (Å²) in [6, 6.07) is 2.16. The van der Waals surface area contributed by atoms with E-state index in [-0.39, 0.29) is 11.0 Å². The Balaban J connectivity index is 2.82. The molecule has 0 fully saturated rings. The van der Waals surface area contributed by atoms with Crippen molar-refractivity contribution in [2.24, 2.45) is 0 Å². The zero-order chi connectivity index (χ0) is 12.8. The van der Waals surface area contributed by atoms with Crippen molar-refractivity contribution in [1.29, 1.82) is 0 Å². The second kappa shape index (κ2) is 3.59. The Morgan fingerprint density at radius 1 is 1.00 bits per heavy atom. The maximum absolute atomic E-state index is 4.36. The molecule has 2 heterocycles. The lowest BCUT2D eigenvalue weighted by Gasteiger charge is -2.27. The lowest BCUT2D eigenvalue weighted by atomic mass is 9.87. The first-order chi connectivity index (χ1) is 7.71. The van der Waals surface area contributed by atoms with Crippen LogP contribution in [0, 0.1) is 0 Å². The number of hydrogen-bond donors (Lipinski definition) is 0. The van der Waals surface area contributed by atoms with Gasteiger partial charge in [-0.1, -0.05) is 20.8 Å². The average Bonchev–Trinajstić information content (AvgIpc) is 2.57. The molecule has 2 nitrogen and oxygen atoms in total. The van der Waals surface area contributed by atoms with Crippen LogP contribution < -0.4 is 0 Å². The van der Waals surface area contributed by atoms with Gasteiger partial charge in [-0.25, -0.2) is 0 Å². The highest BCUT2D eigenvalue weighted by Gasteiger charge is 2.23. The van der Waals surface area contributed by atoms with Gasteiger partial charge in [0.2, 0.25) is 0 Å². The smallest absolute Gasteiger partial charge is 0.0554 e. The van der Waals surface area contributed by atoms with Crippen LogP contribution in [0.2, 0.25) is 0 Å². The molecular formula is C15H22N2. The Morgan fingerprint density at radius 2 is 1.65 bits per heavy atom. The molecule has 0 amide bonds. The van der Waals surface area contributed by atoms with Crippen LogP contribution in [0.15, 0.2) is 24.7 Å². The number of fused-ring (bicyclic) bond motifs is 1. The van der Waals surface area contributed by atoms with Crippen LogP contribution >= 0.6 is 0 Å². The van der Waals surface area contributed by atoms with E-state index in [2.05, 4.69) is 63.4 Å². The van der Waals surface area contributed by atoms with E-state index in [0.29, 0.717) is 0 Å². The van der Waals surface area contributed by atoms with Crippen molar-refractivity contribution >= 4 is 10.9 Å². The molecule has 0 atom stereocenters. The molecule has 2 aromatic heterocycles. The minimum atomic E-state index is 0.100. The first kappa shape index (κ1) is 12.2. The second-order valence-electron chi connectivity index (χ2n) is 6.73. The van der Waals surface area contributed by atoms with Crippen molar-refractivity contribution in [3.8, 4) is 0 Å². The quantitative estimate of drug-likeness (QED) is 0.666. The van der Waals surface area contributed by atoms with E-state index in [0.717, 1.165) is 0 Å². The predicted octanol–water partition coefficient (Wildman–Crippen LogP) is 4.09. The topological polar surface area (TPSA) is 17.8 Å². The number of aromatic nitrogens is 2. The number of nitrogens with zero attached hydrogens (tertiary/aromatic N) is 2. The maximum atomic E-state index is 4.36. The van der Waals surface area contributed by atoms with Crippen molar-refractivity contribution in [1.82, 2.24) is 9.55 Å². The molecule has 92 valence electrons. The molecule has 0 aliphatic rings. The van der Waals surface area contributed by atoms with Crippen molar-refractivity contribution in [2.75, 3.05) is 0 Å². The number of hydrogen-bond acceptors (Lipinski definition) is 1. The number of rotatable bonds is 0. The summed E-state index contributed by atoms with van der Waals surface area (Å²) in [5.41, 5.74) is 2.85. The summed E-state index contributed by atoms with van der Waals surface area (Å²) in [7, 11) is 0. The zero-order valence-electron chi connectivity index (χ0n) is 11.7. The van der Waals surface area contributed by atoms with Gasteiger partial charge in [0.25, 0.3) is 0 Å². The van der Waals surface area contributed by atoms with Crippen LogP contribution in [-0.2, 0) is 11.0 Å². The Bertz CT molecular complexity index is 536. The molecule has 0 aliphatic carbocycles. The highest BCUT2D eigenvalue weighted by molar-refractivity contribution is 5.83. The van der Waals surface area contributed by atoms with Crippen LogP contribution in [-0.4, -0.2) is 9.55 Å². The van der Waals surface area contributed by atoms with E-state index in [1.54, 1.807) is 0 Å². The first-order valence-corrected chi connectivity index (χ1v) is 6.17. The fourth-order valence-electron chi connectivity index (χ4n) is 2.20. The Hall–Kier alpha value is -1.31. The Kier molecular flexibility index (Phi) is 2.57. The molecule has 0 saturated heterocycles. The van der Waals surface area contributed by atoms with Gasteiger partial charge in [0, 0.05) is 35.1 Å². The van der Waals surface area contributed by atoms with Crippen LogP contribution in [0.3, 0.4) is 0 Å². The van der Waals surface area contributed by atoms with Crippen LogP contribution in [0.5, 0.6) is 0 Å². The molecular weight excluding hydrogens is 208 g/mol. The molecule has 0 N–H and O–H groups in total. The van der Waals surface area contributed by atoms with Gasteiger partial charge in [-0.2, -0.15) is 0 Å². The van der Waals surface area contributed by atoms with Gasteiger partial charge in [0.05, 0.1) is 5.52 Å². The first-order valence-electron chi connectivity index (χ1n) is 6.17. The van der Waals surface area contributed by atoms with E-state index in [9.17, 15) is 0 Å². The summed E-state index contributed by atoms with van der Waals surface area (Å²) >= 11 is 0. The molecule has 0 bridgehead atoms. The fraction of sp³-hybridized carbons (Fsp3) is 0.533. The van der Waals surface area contributed by atoms with Gasteiger partial charge in [-0.3, -0.25) is 4.98 Å². The largest absolute Gasteiger partial charge is 0.342 e. The van der Waals surface area contributed by atoms with Crippen LogP contribution in [0.1, 0.15) is 47.1 Å². The third kappa shape index (κ3) is 2.08. The maximum Gasteiger partial charge on any atom is 0.0554 e. The molecule has 17 heavy (non-hydrogen) atoms. The predicted molar refractivity (Wildman–Crippen MR) is 73.4 cm³/mol. The summed E-state index contributed by atoms with van der Waals surface area (Å²) in [5, 5.41) is 1.23. The summed E-state index contributed by atoms with van der Waals surface area (Å²) < 4.78 is 2.35. The van der Waals surface area contributed by atoms with Crippen LogP contribution in [0.4, 0.5) is 0 Å². The van der Waals surface area contributed by atoms with Crippen LogP contribution in [0.25, 0.3) is 10.9 Å². The summed E-state index contributed by atoms with van der Waals surface area (Å²) in [6.07, 6.45) is 6.12. The summed E-state index contributed by atoms with van der Waals surface area (Å²) in [4.78, 5) is 4.36. The van der Waals surface area contributed by atoms with Crippen molar-refractivity contribution < 1.29 is 0 Å². The summed E-state index contributed by atoms with van der Waals surface area (Å²) in [5.74, 6) is 0. The van der Waals surface area contributed by atoms with Gasteiger partial charge in [-0.05, 0) is 32.3 Å². The molecule has 2 heteroatoms. The normalized spacial score (nSPS) is 13.3. The molecule has 2 rings (SSSR count). The number of pyridine rings is 1. The molecule has 0 aromatic carbocycles. The highest BCUT2D eigenvalue weighted by Crippen LogP contribution is 2.32. The van der Waals surface area contributed by atoms with Gasteiger partial charge in [0.1, 0.15) is 0 Å². The van der Waals surface area contributed by atoms with E-state index < -0.39 is 0 Å². The fourth-order valence-corrected chi connectivity index (χ4v) is 2.20. The Labute approximate surface area is 104 Å². The van der Waals surface area contributed by atoms with Gasteiger partial charge in [-0.15, -0.1) is 0 Å². The molecule has 0 unspecified atom stereocenters. The second-order valence-corrected chi connectivity index (χ2v) is 6.73. The summed E-state index contributed by atoms with van der Waals surface area (Å²) in [6.45, 7) is 13.4. The molecule has 0 radical (unpaired) electrons. The molecule has 0 spiro atoms. The monoisotopic (exact) mass is 230 g/mol. The molecule has 0 aliphatic heterocycles. The van der Waals surface area contributed by atoms with Gasteiger partial charge >= 0.3 is 0 Å². The SMILES string of the molecule is CC(C)(C)c1cncc2ccn(C(C)(C)C)c12. The minimum Gasteiger partial charge on any atom is -0.342 e. The third-order valence-electron chi connectivity index (χ3n) is 3.12. The van der Waals surface area contributed by atoms with Gasteiger partial charge in [0.15, 0.2) is 0 Å².